The van der Waals surface area contributed by atoms with Crippen molar-refractivity contribution in [2.24, 2.45) is 0 Å². The van der Waals surface area contributed by atoms with Crippen LogP contribution >= 0.6 is 0 Å². The summed E-state index contributed by atoms with van der Waals surface area (Å²) >= 11 is 0. The molecule has 0 saturated heterocycles. The first kappa shape index (κ1) is 19.5. The van der Waals surface area contributed by atoms with Gasteiger partial charge in [-0.05, 0) is 37.6 Å². The Hall–Kier alpha value is -3.21. The third-order valence-corrected chi connectivity index (χ3v) is 4.78. The minimum Gasteiger partial charge on any atom is -0.493 e. The Morgan fingerprint density at radius 3 is 2.00 bits per heavy atom. The molecule has 0 aliphatic carbocycles. The summed E-state index contributed by atoms with van der Waals surface area (Å²) in [6.45, 7) is 4.77. The molecule has 1 aromatic heterocycles. The van der Waals surface area contributed by atoms with Gasteiger partial charge in [-0.25, -0.2) is 0 Å². The molecule has 0 aliphatic heterocycles. The maximum absolute atomic E-state index is 13.3. The van der Waals surface area contributed by atoms with Crippen molar-refractivity contribution < 1.29 is 19.0 Å². The molecule has 2 aromatic carbocycles. The van der Waals surface area contributed by atoms with Crippen LogP contribution in [0.2, 0.25) is 0 Å². The summed E-state index contributed by atoms with van der Waals surface area (Å²) in [7, 11) is 4.61. The maximum atomic E-state index is 13.3. The Kier molecular flexibility index (Phi) is 5.73. The van der Waals surface area contributed by atoms with Gasteiger partial charge in [-0.3, -0.25) is 4.79 Å². The zero-order chi connectivity index (χ0) is 20.3. The smallest absolute Gasteiger partial charge is 0.209 e. The summed E-state index contributed by atoms with van der Waals surface area (Å²) in [5.74, 6) is 1.28. The molecule has 0 atom stereocenters. The number of hydrogen-bond donors (Lipinski definition) is 0. The van der Waals surface area contributed by atoms with E-state index in [9.17, 15) is 4.79 Å². The Bertz CT molecular complexity index is 961. The third-order valence-electron chi connectivity index (χ3n) is 4.78. The second-order valence-corrected chi connectivity index (χ2v) is 6.51. The average molecular weight is 379 g/mol. The number of carbonyl (C=O) groups excluding carboxylic acids is 1. The number of rotatable bonds is 7. The number of ether oxygens (including phenoxy) is 3. The lowest BCUT2D eigenvalue weighted by Crippen LogP contribution is -2.09. The largest absolute Gasteiger partial charge is 0.493 e. The first-order valence-corrected chi connectivity index (χ1v) is 9.14. The molecule has 0 amide bonds. The van der Waals surface area contributed by atoms with Gasteiger partial charge in [0, 0.05) is 23.9 Å². The lowest BCUT2D eigenvalue weighted by molar-refractivity contribution is 0.102. The second-order valence-electron chi connectivity index (χ2n) is 6.51. The molecule has 0 saturated carbocycles. The van der Waals surface area contributed by atoms with Gasteiger partial charge in [0.15, 0.2) is 11.5 Å². The highest BCUT2D eigenvalue weighted by Crippen LogP contribution is 2.39. The molecule has 1 heterocycles. The summed E-state index contributed by atoms with van der Waals surface area (Å²) in [5, 5.41) is 0. The Balaban J connectivity index is 2.06. The number of aromatic nitrogens is 1. The fourth-order valence-electron chi connectivity index (χ4n) is 3.23. The van der Waals surface area contributed by atoms with Crippen LogP contribution in [0.25, 0.3) is 11.1 Å². The molecule has 0 unspecified atom stereocenters. The maximum Gasteiger partial charge on any atom is 0.209 e. The molecule has 0 N–H and O–H groups in total. The van der Waals surface area contributed by atoms with Crippen LogP contribution < -0.4 is 14.2 Å². The number of methoxy groups -OCH3 is 3. The predicted octanol–water partition coefficient (Wildman–Crippen LogP) is 4.74. The van der Waals surface area contributed by atoms with E-state index < -0.39 is 0 Å². The van der Waals surface area contributed by atoms with Crippen molar-refractivity contribution in [2.75, 3.05) is 21.3 Å². The van der Waals surface area contributed by atoms with Gasteiger partial charge in [-0.15, -0.1) is 0 Å². The molecule has 0 spiro atoms. The van der Waals surface area contributed by atoms with Gasteiger partial charge in [0.1, 0.15) is 0 Å². The molecule has 0 fully saturated rings. The first-order chi connectivity index (χ1) is 13.5. The summed E-state index contributed by atoms with van der Waals surface area (Å²) in [6.07, 6.45) is 2.01. The molecular weight excluding hydrogens is 354 g/mol. The second kappa shape index (κ2) is 8.21. The molecule has 28 heavy (non-hydrogen) atoms. The topological polar surface area (TPSA) is 49.7 Å². The van der Waals surface area contributed by atoms with Crippen LogP contribution in [-0.2, 0) is 6.54 Å². The van der Waals surface area contributed by atoms with Gasteiger partial charge in [0.25, 0.3) is 0 Å². The lowest BCUT2D eigenvalue weighted by Gasteiger charge is -2.14. The summed E-state index contributed by atoms with van der Waals surface area (Å²) in [4.78, 5) is 13.3. The van der Waals surface area contributed by atoms with E-state index in [0.29, 0.717) is 35.1 Å². The normalized spacial score (nSPS) is 10.6. The number of ketones is 1. The van der Waals surface area contributed by atoms with Crippen molar-refractivity contribution in [3.63, 3.8) is 0 Å². The van der Waals surface area contributed by atoms with Gasteiger partial charge in [0.05, 0.1) is 27.0 Å². The minimum absolute atomic E-state index is 0.0977. The Morgan fingerprint density at radius 2 is 1.50 bits per heavy atom. The quantitative estimate of drug-likeness (QED) is 0.557. The lowest BCUT2D eigenvalue weighted by atomic mass is 10.0. The summed E-state index contributed by atoms with van der Waals surface area (Å²) < 4.78 is 18.1. The van der Waals surface area contributed by atoms with Gasteiger partial charge in [-0.2, -0.15) is 0 Å². The summed E-state index contributed by atoms with van der Waals surface area (Å²) in [6, 6.07) is 13.6. The van der Waals surface area contributed by atoms with E-state index in [-0.39, 0.29) is 5.78 Å². The third kappa shape index (κ3) is 3.60. The molecule has 5 heteroatoms. The van der Waals surface area contributed by atoms with Crippen LogP contribution in [0.3, 0.4) is 0 Å². The fraction of sp³-hybridized carbons (Fsp3) is 0.261. The molecule has 5 nitrogen and oxygen atoms in total. The minimum atomic E-state index is -0.0977. The number of nitrogens with zero attached hydrogens (tertiary/aromatic N) is 1. The van der Waals surface area contributed by atoms with Crippen molar-refractivity contribution in [1.82, 2.24) is 4.57 Å². The fourth-order valence-corrected chi connectivity index (χ4v) is 3.23. The van der Waals surface area contributed by atoms with Crippen molar-refractivity contribution in [3.8, 4) is 28.4 Å². The molecular formula is C23H25NO4. The van der Waals surface area contributed by atoms with Crippen molar-refractivity contribution in [1.29, 1.82) is 0 Å². The van der Waals surface area contributed by atoms with Crippen LogP contribution in [0.15, 0.2) is 48.7 Å². The van der Waals surface area contributed by atoms with Crippen LogP contribution in [0.5, 0.6) is 17.2 Å². The number of benzene rings is 2. The van der Waals surface area contributed by atoms with Gasteiger partial charge in [0.2, 0.25) is 11.5 Å². The van der Waals surface area contributed by atoms with Crippen molar-refractivity contribution in [2.45, 2.75) is 20.4 Å². The van der Waals surface area contributed by atoms with Crippen LogP contribution in [-0.4, -0.2) is 31.7 Å². The number of hydrogen-bond acceptors (Lipinski definition) is 4. The highest BCUT2D eigenvalue weighted by molar-refractivity contribution is 6.09. The van der Waals surface area contributed by atoms with E-state index >= 15 is 0 Å². The SMILES string of the molecule is CCn1cc(-c2ccc(C)cc2)cc1C(=O)c1cc(OC)c(OC)c(OC)c1. The van der Waals surface area contributed by atoms with Crippen LogP contribution in [0.4, 0.5) is 0 Å². The Morgan fingerprint density at radius 1 is 0.893 bits per heavy atom. The first-order valence-electron chi connectivity index (χ1n) is 9.14. The monoisotopic (exact) mass is 379 g/mol. The van der Waals surface area contributed by atoms with Crippen molar-refractivity contribution in [3.05, 3.63) is 65.5 Å². The van der Waals surface area contributed by atoms with E-state index in [1.165, 1.54) is 26.9 Å². The number of aryl methyl sites for hydroxylation is 2. The summed E-state index contributed by atoms with van der Waals surface area (Å²) in [5.41, 5.74) is 4.40. The highest BCUT2D eigenvalue weighted by Gasteiger charge is 2.21. The van der Waals surface area contributed by atoms with E-state index in [1.807, 2.05) is 23.8 Å². The predicted molar refractivity (Wildman–Crippen MR) is 110 cm³/mol. The van der Waals surface area contributed by atoms with Crippen LogP contribution in [0.1, 0.15) is 28.5 Å². The molecule has 146 valence electrons. The van der Waals surface area contributed by atoms with E-state index in [0.717, 1.165) is 11.1 Å². The van der Waals surface area contributed by atoms with Gasteiger partial charge >= 0.3 is 0 Å². The average Bonchev–Trinajstić information content (AvgIpc) is 3.16. The van der Waals surface area contributed by atoms with E-state index in [1.54, 1.807) is 12.1 Å². The number of carbonyl (C=O) groups is 1. The molecule has 0 aliphatic rings. The molecule has 3 rings (SSSR count). The zero-order valence-corrected chi connectivity index (χ0v) is 16.9. The molecule has 0 radical (unpaired) electrons. The highest BCUT2D eigenvalue weighted by atomic mass is 16.5. The molecule has 3 aromatic rings. The zero-order valence-electron chi connectivity index (χ0n) is 16.9. The molecule has 0 bridgehead atoms. The van der Waals surface area contributed by atoms with E-state index in [2.05, 4.69) is 31.2 Å². The van der Waals surface area contributed by atoms with Gasteiger partial charge in [-0.1, -0.05) is 29.8 Å². The Labute approximate surface area is 165 Å². The standard InChI is InChI=1S/C23H25NO4/c1-6-24-14-18(16-9-7-15(2)8-10-16)11-19(24)22(25)17-12-20(26-3)23(28-5)21(13-17)27-4/h7-14H,6H2,1-5H3. The van der Waals surface area contributed by atoms with Crippen LogP contribution in [0, 0.1) is 6.92 Å². The van der Waals surface area contributed by atoms with Crippen molar-refractivity contribution >= 4 is 5.78 Å². The van der Waals surface area contributed by atoms with Gasteiger partial charge < -0.3 is 18.8 Å². The van der Waals surface area contributed by atoms with E-state index in [4.69, 9.17) is 14.2 Å².